The highest BCUT2D eigenvalue weighted by molar-refractivity contribution is 6.07. The van der Waals surface area contributed by atoms with Gasteiger partial charge in [0.25, 0.3) is 5.91 Å². The molecular weight excluding hydrogens is 447 g/mol. The summed E-state index contributed by atoms with van der Waals surface area (Å²) in [6.45, 7) is 5.91. The first-order valence-corrected chi connectivity index (χ1v) is 11.2. The van der Waals surface area contributed by atoms with E-state index in [0.29, 0.717) is 17.6 Å². The smallest absolute Gasteiger partial charge is 0.273 e. The number of carbonyl (C=O) groups is 2. The lowest BCUT2D eigenvalue weighted by Gasteiger charge is -2.30. The standard InChI is InChI=1S/C27H27FN4O3/c1-27(2,3)24(26(35)29-19-7-6-8-20(33)15-19)30-25(34)23-21-9-4-5-10-22(21)32(31-23)16-17-11-13-18(28)14-12-17/h4-15,24,33H,16H2,1-3H3,(H,29,35)(H,30,34)/t24-/m1/s1. The van der Waals surface area contributed by atoms with Crippen LogP contribution in [0.3, 0.4) is 0 Å². The number of nitrogens with zero attached hydrogens (tertiary/aromatic N) is 2. The lowest BCUT2D eigenvalue weighted by Crippen LogP contribution is -2.51. The number of hydrogen-bond acceptors (Lipinski definition) is 4. The summed E-state index contributed by atoms with van der Waals surface area (Å²) < 4.78 is 15.0. The third kappa shape index (κ3) is 5.48. The van der Waals surface area contributed by atoms with Gasteiger partial charge < -0.3 is 15.7 Å². The number of nitrogens with one attached hydrogen (secondary N) is 2. The molecule has 0 aliphatic rings. The van der Waals surface area contributed by atoms with Crippen molar-refractivity contribution in [1.82, 2.24) is 15.1 Å². The molecule has 1 aromatic heterocycles. The summed E-state index contributed by atoms with van der Waals surface area (Å²) in [5.74, 6) is -1.19. The van der Waals surface area contributed by atoms with Crippen LogP contribution in [0.4, 0.5) is 10.1 Å². The molecule has 4 aromatic rings. The van der Waals surface area contributed by atoms with Crippen molar-refractivity contribution in [2.45, 2.75) is 33.4 Å². The maximum Gasteiger partial charge on any atom is 0.273 e. The van der Waals surface area contributed by atoms with E-state index in [1.807, 2.05) is 39.0 Å². The van der Waals surface area contributed by atoms with Gasteiger partial charge in [-0.25, -0.2) is 4.39 Å². The number of aromatic nitrogens is 2. The first-order chi connectivity index (χ1) is 16.6. The zero-order valence-electron chi connectivity index (χ0n) is 19.7. The van der Waals surface area contributed by atoms with Gasteiger partial charge in [-0.1, -0.05) is 57.2 Å². The number of hydrogen-bond donors (Lipinski definition) is 3. The van der Waals surface area contributed by atoms with Gasteiger partial charge in [0.2, 0.25) is 5.91 Å². The van der Waals surface area contributed by atoms with E-state index < -0.39 is 23.3 Å². The van der Waals surface area contributed by atoms with Gasteiger partial charge in [-0.05, 0) is 41.3 Å². The van der Waals surface area contributed by atoms with Gasteiger partial charge in [0.15, 0.2) is 5.69 Å². The van der Waals surface area contributed by atoms with E-state index in [1.165, 1.54) is 24.3 Å². The molecule has 180 valence electrons. The van der Waals surface area contributed by atoms with E-state index in [2.05, 4.69) is 15.7 Å². The van der Waals surface area contributed by atoms with Crippen molar-refractivity contribution in [1.29, 1.82) is 0 Å². The highest BCUT2D eigenvalue weighted by Crippen LogP contribution is 2.24. The number of phenols is 1. The Balaban J connectivity index is 1.61. The van der Waals surface area contributed by atoms with Crippen molar-refractivity contribution in [2.24, 2.45) is 5.41 Å². The van der Waals surface area contributed by atoms with Crippen LogP contribution in [0.1, 0.15) is 36.8 Å². The maximum absolute atomic E-state index is 13.4. The van der Waals surface area contributed by atoms with Crippen LogP contribution < -0.4 is 10.6 Å². The van der Waals surface area contributed by atoms with Gasteiger partial charge >= 0.3 is 0 Å². The first kappa shape index (κ1) is 23.9. The number of carbonyl (C=O) groups excluding carboxylic acids is 2. The zero-order valence-corrected chi connectivity index (χ0v) is 19.7. The summed E-state index contributed by atoms with van der Waals surface area (Å²) in [6.07, 6.45) is 0. The normalized spacial score (nSPS) is 12.3. The number of aromatic hydroxyl groups is 1. The molecule has 0 bridgehead atoms. The summed E-state index contributed by atoms with van der Waals surface area (Å²) in [5.41, 5.74) is 1.60. The van der Waals surface area contributed by atoms with Crippen molar-refractivity contribution < 1.29 is 19.1 Å². The van der Waals surface area contributed by atoms with Crippen LogP contribution in [-0.2, 0) is 11.3 Å². The molecule has 0 unspecified atom stereocenters. The molecule has 0 spiro atoms. The van der Waals surface area contributed by atoms with Crippen molar-refractivity contribution in [2.75, 3.05) is 5.32 Å². The fourth-order valence-electron chi connectivity index (χ4n) is 3.85. The van der Waals surface area contributed by atoms with Gasteiger partial charge in [0.05, 0.1) is 12.1 Å². The molecule has 0 fully saturated rings. The van der Waals surface area contributed by atoms with E-state index in [9.17, 15) is 19.1 Å². The Kier molecular flexibility index (Phi) is 6.55. The van der Waals surface area contributed by atoms with Crippen LogP contribution in [0.5, 0.6) is 5.75 Å². The molecule has 0 saturated carbocycles. The van der Waals surface area contributed by atoms with E-state index in [1.54, 1.807) is 35.0 Å². The lowest BCUT2D eigenvalue weighted by molar-refractivity contribution is -0.120. The number of amides is 2. The Morgan fingerprint density at radius 2 is 1.74 bits per heavy atom. The Morgan fingerprint density at radius 1 is 1.03 bits per heavy atom. The minimum absolute atomic E-state index is 0.0253. The molecule has 3 N–H and O–H groups in total. The fraction of sp³-hybridized carbons (Fsp3) is 0.222. The molecule has 0 aliphatic carbocycles. The van der Waals surface area contributed by atoms with Gasteiger partial charge in [0.1, 0.15) is 17.6 Å². The molecule has 1 atom stereocenters. The average molecular weight is 475 g/mol. The van der Waals surface area contributed by atoms with E-state index in [4.69, 9.17) is 0 Å². The summed E-state index contributed by atoms with van der Waals surface area (Å²) in [7, 11) is 0. The lowest BCUT2D eigenvalue weighted by atomic mass is 9.86. The highest BCUT2D eigenvalue weighted by Gasteiger charge is 2.34. The molecular formula is C27H27FN4O3. The van der Waals surface area contributed by atoms with Crippen molar-refractivity contribution >= 4 is 28.4 Å². The second kappa shape index (κ2) is 9.58. The third-order valence-corrected chi connectivity index (χ3v) is 5.64. The predicted octanol–water partition coefficient (Wildman–Crippen LogP) is 4.71. The van der Waals surface area contributed by atoms with E-state index in [-0.39, 0.29) is 17.3 Å². The number of para-hydroxylation sites is 1. The molecule has 1 heterocycles. The quantitative estimate of drug-likeness (QED) is 0.377. The Morgan fingerprint density at radius 3 is 2.43 bits per heavy atom. The second-order valence-electron chi connectivity index (χ2n) is 9.46. The number of halogens is 1. The van der Waals surface area contributed by atoms with Crippen LogP contribution in [0.25, 0.3) is 10.9 Å². The highest BCUT2D eigenvalue weighted by atomic mass is 19.1. The molecule has 4 rings (SSSR count). The molecule has 2 amide bonds. The SMILES string of the molecule is CC(C)(C)[C@H](NC(=O)c1nn(Cc2ccc(F)cc2)c2ccccc12)C(=O)Nc1cccc(O)c1. The van der Waals surface area contributed by atoms with Gasteiger partial charge in [-0.15, -0.1) is 0 Å². The molecule has 35 heavy (non-hydrogen) atoms. The van der Waals surface area contributed by atoms with Crippen LogP contribution >= 0.6 is 0 Å². The monoisotopic (exact) mass is 474 g/mol. The van der Waals surface area contributed by atoms with Crippen LogP contribution in [-0.4, -0.2) is 32.7 Å². The van der Waals surface area contributed by atoms with Crippen molar-refractivity contribution in [3.63, 3.8) is 0 Å². The zero-order chi connectivity index (χ0) is 25.2. The first-order valence-electron chi connectivity index (χ1n) is 11.2. The van der Waals surface area contributed by atoms with Crippen molar-refractivity contribution in [3.05, 3.63) is 89.9 Å². The third-order valence-electron chi connectivity index (χ3n) is 5.64. The Bertz CT molecular complexity index is 1370. The topological polar surface area (TPSA) is 96.2 Å². The molecule has 0 saturated heterocycles. The summed E-state index contributed by atoms with van der Waals surface area (Å²) in [4.78, 5) is 26.5. The van der Waals surface area contributed by atoms with Crippen LogP contribution in [0.2, 0.25) is 0 Å². The molecule has 8 heteroatoms. The molecule has 0 radical (unpaired) electrons. The second-order valence-corrected chi connectivity index (χ2v) is 9.46. The number of fused-ring (bicyclic) bond motifs is 1. The van der Waals surface area contributed by atoms with Gasteiger partial charge in [0, 0.05) is 17.1 Å². The molecule has 7 nitrogen and oxygen atoms in total. The fourth-order valence-corrected chi connectivity index (χ4v) is 3.85. The largest absolute Gasteiger partial charge is 0.508 e. The summed E-state index contributed by atoms with van der Waals surface area (Å²) in [5, 5.41) is 20.5. The number of anilines is 1. The Labute approximate surface area is 202 Å². The summed E-state index contributed by atoms with van der Waals surface area (Å²) in [6, 6.07) is 18.8. The summed E-state index contributed by atoms with van der Waals surface area (Å²) >= 11 is 0. The molecule has 0 aliphatic heterocycles. The van der Waals surface area contributed by atoms with Crippen LogP contribution in [0.15, 0.2) is 72.8 Å². The maximum atomic E-state index is 13.4. The molecule has 3 aromatic carbocycles. The number of rotatable bonds is 6. The average Bonchev–Trinajstić information content (AvgIpc) is 3.16. The minimum Gasteiger partial charge on any atom is -0.508 e. The van der Waals surface area contributed by atoms with Crippen molar-refractivity contribution in [3.8, 4) is 5.75 Å². The number of benzene rings is 3. The minimum atomic E-state index is -0.877. The van der Waals surface area contributed by atoms with Gasteiger partial charge in [-0.2, -0.15) is 5.10 Å². The van der Waals surface area contributed by atoms with E-state index in [0.717, 1.165) is 11.1 Å². The van der Waals surface area contributed by atoms with Crippen LogP contribution in [0, 0.1) is 11.2 Å². The number of phenolic OH excluding ortho intramolecular Hbond substituents is 1. The van der Waals surface area contributed by atoms with E-state index >= 15 is 0 Å². The van der Waals surface area contributed by atoms with Gasteiger partial charge in [-0.3, -0.25) is 14.3 Å². The Hall–Kier alpha value is -4.20. The predicted molar refractivity (Wildman–Crippen MR) is 133 cm³/mol.